The highest BCUT2D eigenvalue weighted by Gasteiger charge is 2.28. The number of nitrogens with one attached hydrogen (secondary N) is 1. The van der Waals surface area contributed by atoms with Gasteiger partial charge < -0.3 is 10.1 Å². The lowest BCUT2D eigenvalue weighted by Gasteiger charge is -2.35. The molecular weight excluding hydrogens is 332 g/mol. The van der Waals surface area contributed by atoms with Gasteiger partial charge in [-0.15, -0.1) is 11.3 Å². The van der Waals surface area contributed by atoms with E-state index in [9.17, 15) is 4.79 Å². The summed E-state index contributed by atoms with van der Waals surface area (Å²) in [6, 6.07) is 13.0. The summed E-state index contributed by atoms with van der Waals surface area (Å²) in [5.74, 6) is 0.146. The molecule has 2 atom stereocenters. The first kappa shape index (κ1) is 16.8. The second kappa shape index (κ2) is 7.68. The van der Waals surface area contributed by atoms with Gasteiger partial charge in [-0.05, 0) is 35.4 Å². The van der Waals surface area contributed by atoms with Gasteiger partial charge in [0.25, 0.3) is 0 Å². The van der Waals surface area contributed by atoms with Gasteiger partial charge in [-0.3, -0.25) is 9.69 Å². The van der Waals surface area contributed by atoms with E-state index in [0.29, 0.717) is 19.8 Å². The summed E-state index contributed by atoms with van der Waals surface area (Å²) in [7, 11) is 0. The van der Waals surface area contributed by atoms with Crippen molar-refractivity contribution in [1.29, 1.82) is 0 Å². The van der Waals surface area contributed by atoms with Crippen LogP contribution in [-0.2, 0) is 22.5 Å². The molecule has 0 spiro atoms. The molecule has 0 bridgehead atoms. The van der Waals surface area contributed by atoms with Crippen LogP contribution in [0.1, 0.15) is 28.5 Å². The molecule has 0 unspecified atom stereocenters. The molecule has 0 saturated carbocycles. The molecule has 5 heteroatoms. The van der Waals surface area contributed by atoms with Gasteiger partial charge in [-0.2, -0.15) is 0 Å². The molecule has 2 aliphatic heterocycles. The van der Waals surface area contributed by atoms with Crippen LogP contribution in [-0.4, -0.2) is 37.1 Å². The fourth-order valence-corrected chi connectivity index (χ4v) is 4.64. The zero-order valence-electron chi connectivity index (χ0n) is 14.3. The summed E-state index contributed by atoms with van der Waals surface area (Å²) in [6.07, 6.45) is 1.94. The van der Waals surface area contributed by atoms with E-state index in [1.165, 1.54) is 16.0 Å². The average Bonchev–Trinajstić information content (AvgIpc) is 3.34. The van der Waals surface area contributed by atoms with E-state index in [2.05, 4.69) is 45.9 Å². The van der Waals surface area contributed by atoms with E-state index in [4.69, 9.17) is 4.74 Å². The topological polar surface area (TPSA) is 41.6 Å². The predicted molar refractivity (Wildman–Crippen MR) is 99.6 cm³/mol. The highest BCUT2D eigenvalue weighted by molar-refractivity contribution is 7.10. The van der Waals surface area contributed by atoms with Crippen molar-refractivity contribution in [2.24, 2.45) is 5.92 Å². The van der Waals surface area contributed by atoms with E-state index in [1.807, 2.05) is 17.4 Å². The summed E-state index contributed by atoms with van der Waals surface area (Å²) < 4.78 is 5.35. The van der Waals surface area contributed by atoms with Crippen molar-refractivity contribution in [3.8, 4) is 0 Å². The number of hydrogen-bond acceptors (Lipinski definition) is 4. The summed E-state index contributed by atoms with van der Waals surface area (Å²) in [4.78, 5) is 16.4. The van der Waals surface area contributed by atoms with Crippen LogP contribution in [0.25, 0.3) is 0 Å². The monoisotopic (exact) mass is 356 g/mol. The number of carbonyl (C=O) groups excluding carboxylic acids is 1. The lowest BCUT2D eigenvalue weighted by molar-refractivity contribution is -0.125. The van der Waals surface area contributed by atoms with Crippen LogP contribution in [0.2, 0.25) is 0 Å². The van der Waals surface area contributed by atoms with Gasteiger partial charge in [0, 0.05) is 31.1 Å². The number of rotatable bonds is 5. The molecule has 132 valence electrons. The Morgan fingerprint density at radius 2 is 2.20 bits per heavy atom. The van der Waals surface area contributed by atoms with Gasteiger partial charge in [-0.1, -0.05) is 30.3 Å². The van der Waals surface area contributed by atoms with Crippen LogP contribution in [0, 0.1) is 5.92 Å². The molecule has 1 aromatic heterocycles. The zero-order valence-corrected chi connectivity index (χ0v) is 15.1. The maximum atomic E-state index is 12.4. The molecule has 3 heterocycles. The van der Waals surface area contributed by atoms with Crippen molar-refractivity contribution in [3.63, 3.8) is 0 Å². The van der Waals surface area contributed by atoms with Gasteiger partial charge in [0.15, 0.2) is 0 Å². The number of ether oxygens (including phenoxy) is 1. The smallest absolute Gasteiger partial charge is 0.225 e. The Morgan fingerprint density at radius 3 is 3.00 bits per heavy atom. The summed E-state index contributed by atoms with van der Waals surface area (Å²) in [5, 5.41) is 5.37. The Hall–Kier alpha value is -1.69. The molecule has 1 saturated heterocycles. The molecule has 0 aliphatic carbocycles. The first-order valence-corrected chi connectivity index (χ1v) is 9.89. The lowest BCUT2D eigenvalue weighted by atomic mass is 10.0. The molecule has 25 heavy (non-hydrogen) atoms. The van der Waals surface area contributed by atoms with Crippen molar-refractivity contribution >= 4 is 17.2 Å². The first-order valence-electron chi connectivity index (χ1n) is 9.01. The standard InChI is InChI=1S/C20H24N2O2S/c23-20(17-7-10-24-14-17)21-12-18(15-4-2-1-3-5-15)22-9-6-19-16(13-22)8-11-25-19/h1-5,8,11,17-18H,6-7,9-10,12-14H2,(H,21,23)/t17-,18+/m0/s1. The van der Waals surface area contributed by atoms with Crippen LogP contribution < -0.4 is 5.32 Å². The van der Waals surface area contributed by atoms with Crippen LogP contribution in [0.5, 0.6) is 0 Å². The molecule has 0 radical (unpaired) electrons. The fraction of sp³-hybridized carbons (Fsp3) is 0.450. The number of benzene rings is 1. The van der Waals surface area contributed by atoms with Crippen LogP contribution in [0.3, 0.4) is 0 Å². The highest BCUT2D eigenvalue weighted by atomic mass is 32.1. The summed E-state index contributed by atoms with van der Waals surface area (Å²) in [6.45, 7) is 3.91. The van der Waals surface area contributed by atoms with Crippen LogP contribution in [0.4, 0.5) is 0 Å². The average molecular weight is 356 g/mol. The second-order valence-corrected chi connectivity index (χ2v) is 7.82. The first-order chi connectivity index (χ1) is 12.3. The number of nitrogens with zero attached hydrogens (tertiary/aromatic N) is 1. The molecule has 2 aromatic rings. The third kappa shape index (κ3) is 3.78. The molecule has 2 aliphatic rings. The van der Waals surface area contributed by atoms with Gasteiger partial charge in [-0.25, -0.2) is 0 Å². The van der Waals surface area contributed by atoms with Crippen LogP contribution in [0.15, 0.2) is 41.8 Å². The SMILES string of the molecule is O=C(NC[C@H](c1ccccc1)N1CCc2sccc2C1)[C@H]1CCOC1. The predicted octanol–water partition coefficient (Wildman–Crippen LogP) is 3.00. The summed E-state index contributed by atoms with van der Waals surface area (Å²) >= 11 is 1.86. The highest BCUT2D eigenvalue weighted by Crippen LogP contribution is 2.30. The number of amides is 1. The largest absolute Gasteiger partial charge is 0.381 e. The Balaban J connectivity index is 1.48. The zero-order chi connectivity index (χ0) is 17.1. The number of hydrogen-bond donors (Lipinski definition) is 1. The Kier molecular flexibility index (Phi) is 5.15. The van der Waals surface area contributed by atoms with Crippen molar-refractivity contribution in [2.45, 2.75) is 25.4 Å². The number of thiophene rings is 1. The van der Waals surface area contributed by atoms with Gasteiger partial charge in [0.2, 0.25) is 5.91 Å². The van der Waals surface area contributed by atoms with E-state index in [0.717, 1.165) is 25.9 Å². The summed E-state index contributed by atoms with van der Waals surface area (Å²) in [5.41, 5.74) is 2.71. The number of fused-ring (bicyclic) bond motifs is 1. The van der Waals surface area contributed by atoms with E-state index in [-0.39, 0.29) is 17.9 Å². The van der Waals surface area contributed by atoms with E-state index >= 15 is 0 Å². The molecule has 1 fully saturated rings. The third-order valence-electron chi connectivity index (χ3n) is 5.23. The Bertz CT molecular complexity index is 709. The molecule has 1 amide bonds. The van der Waals surface area contributed by atoms with Gasteiger partial charge >= 0.3 is 0 Å². The molecule has 1 N–H and O–H groups in total. The van der Waals surface area contributed by atoms with Gasteiger partial charge in [0.1, 0.15) is 0 Å². The second-order valence-electron chi connectivity index (χ2n) is 6.82. The Labute approximate surface area is 152 Å². The maximum Gasteiger partial charge on any atom is 0.225 e. The Morgan fingerprint density at radius 1 is 1.32 bits per heavy atom. The molecule has 4 rings (SSSR count). The maximum absolute atomic E-state index is 12.4. The van der Waals surface area contributed by atoms with E-state index in [1.54, 1.807) is 0 Å². The fourth-order valence-electron chi connectivity index (χ4n) is 3.75. The van der Waals surface area contributed by atoms with Crippen molar-refractivity contribution in [2.75, 3.05) is 26.3 Å². The van der Waals surface area contributed by atoms with E-state index < -0.39 is 0 Å². The van der Waals surface area contributed by atoms with Crippen molar-refractivity contribution < 1.29 is 9.53 Å². The minimum Gasteiger partial charge on any atom is -0.381 e. The molecular formula is C20H24N2O2S. The molecule has 4 nitrogen and oxygen atoms in total. The minimum absolute atomic E-state index is 0.0151. The van der Waals surface area contributed by atoms with Crippen molar-refractivity contribution in [1.82, 2.24) is 10.2 Å². The normalized spacial score (nSPS) is 21.7. The van der Waals surface area contributed by atoms with Gasteiger partial charge in [0.05, 0.1) is 18.6 Å². The van der Waals surface area contributed by atoms with Crippen LogP contribution >= 0.6 is 11.3 Å². The quantitative estimate of drug-likeness (QED) is 0.895. The minimum atomic E-state index is 0.0151. The number of carbonyl (C=O) groups is 1. The van der Waals surface area contributed by atoms with Crippen molar-refractivity contribution in [3.05, 3.63) is 57.8 Å². The third-order valence-corrected chi connectivity index (χ3v) is 6.26. The molecule has 1 aromatic carbocycles. The lowest BCUT2D eigenvalue weighted by Crippen LogP contribution is -2.42.